The van der Waals surface area contributed by atoms with Gasteiger partial charge in [-0.15, -0.1) is 11.3 Å². The van der Waals surface area contributed by atoms with Crippen molar-refractivity contribution < 1.29 is 4.74 Å². The number of aryl methyl sites for hydroxylation is 2. The van der Waals surface area contributed by atoms with E-state index in [0.29, 0.717) is 6.54 Å². The van der Waals surface area contributed by atoms with Crippen LogP contribution in [0.4, 0.5) is 0 Å². The molecule has 0 radical (unpaired) electrons. The van der Waals surface area contributed by atoms with Crippen LogP contribution >= 0.6 is 11.3 Å². The number of ether oxygens (including phenoxy) is 1. The van der Waals surface area contributed by atoms with E-state index < -0.39 is 0 Å². The van der Waals surface area contributed by atoms with Crippen LogP contribution in [0.2, 0.25) is 0 Å². The molecule has 2 atom stereocenters. The van der Waals surface area contributed by atoms with Crippen LogP contribution in [-0.2, 0) is 4.74 Å². The Morgan fingerprint density at radius 3 is 3.20 bits per heavy atom. The molecule has 20 heavy (non-hydrogen) atoms. The molecule has 1 N–H and O–H groups in total. The third-order valence-electron chi connectivity index (χ3n) is 3.73. The molecule has 0 bridgehead atoms. The van der Waals surface area contributed by atoms with Gasteiger partial charge in [-0.3, -0.25) is 9.72 Å². The molecule has 2 aromatic rings. The molecule has 1 aliphatic heterocycles. The molecule has 0 aromatic carbocycles. The van der Waals surface area contributed by atoms with Crippen molar-refractivity contribution in [2.75, 3.05) is 13.2 Å². The van der Waals surface area contributed by atoms with E-state index in [4.69, 9.17) is 4.74 Å². The summed E-state index contributed by atoms with van der Waals surface area (Å²) in [7, 11) is 0. The van der Waals surface area contributed by atoms with Crippen molar-refractivity contribution in [1.29, 1.82) is 5.26 Å². The zero-order valence-corrected chi connectivity index (χ0v) is 12.5. The molecule has 2 unspecified atom stereocenters. The quantitative estimate of drug-likeness (QED) is 0.939. The van der Waals surface area contributed by atoms with E-state index in [-0.39, 0.29) is 12.1 Å². The Hall–Kier alpha value is -1.42. The fourth-order valence-corrected chi connectivity index (χ4v) is 3.64. The Kier molecular flexibility index (Phi) is 3.74. The Labute approximate surface area is 122 Å². The van der Waals surface area contributed by atoms with Gasteiger partial charge in [0.15, 0.2) is 4.96 Å². The molecule has 106 valence electrons. The van der Waals surface area contributed by atoms with Crippen molar-refractivity contribution in [2.45, 2.75) is 38.8 Å². The Morgan fingerprint density at radius 1 is 1.65 bits per heavy atom. The second-order valence-corrected chi connectivity index (χ2v) is 6.02. The van der Waals surface area contributed by atoms with Crippen LogP contribution in [0, 0.1) is 25.2 Å². The summed E-state index contributed by atoms with van der Waals surface area (Å²) >= 11 is 1.61. The van der Waals surface area contributed by atoms with Crippen molar-refractivity contribution in [3.8, 4) is 6.07 Å². The number of aromatic nitrogens is 2. The number of hydrogen-bond acceptors (Lipinski definition) is 5. The largest absolute Gasteiger partial charge is 0.377 e. The first kappa shape index (κ1) is 13.6. The lowest BCUT2D eigenvalue weighted by atomic mass is 10.1. The van der Waals surface area contributed by atoms with E-state index >= 15 is 0 Å². The smallest absolute Gasteiger partial charge is 0.194 e. The van der Waals surface area contributed by atoms with Crippen molar-refractivity contribution in [1.82, 2.24) is 14.7 Å². The van der Waals surface area contributed by atoms with Gasteiger partial charge in [0.05, 0.1) is 23.6 Å². The number of rotatable bonds is 4. The summed E-state index contributed by atoms with van der Waals surface area (Å²) in [4.78, 5) is 5.49. The van der Waals surface area contributed by atoms with Gasteiger partial charge in [0.25, 0.3) is 0 Å². The summed E-state index contributed by atoms with van der Waals surface area (Å²) in [5, 5.41) is 14.9. The summed E-state index contributed by atoms with van der Waals surface area (Å²) in [6.45, 7) is 5.56. The fraction of sp³-hybridized carbons (Fsp3) is 0.571. The van der Waals surface area contributed by atoms with Gasteiger partial charge in [0.1, 0.15) is 6.04 Å². The van der Waals surface area contributed by atoms with Crippen molar-refractivity contribution >= 4 is 16.3 Å². The highest BCUT2D eigenvalue weighted by atomic mass is 32.1. The van der Waals surface area contributed by atoms with Crippen molar-refractivity contribution in [2.24, 2.45) is 0 Å². The zero-order valence-electron chi connectivity index (χ0n) is 11.7. The molecule has 2 aromatic heterocycles. The Morgan fingerprint density at radius 2 is 2.50 bits per heavy atom. The maximum atomic E-state index is 9.49. The summed E-state index contributed by atoms with van der Waals surface area (Å²) in [6.07, 6.45) is 2.42. The molecule has 0 aliphatic carbocycles. The number of nitriles is 1. The highest BCUT2D eigenvalue weighted by molar-refractivity contribution is 7.15. The molecule has 6 heteroatoms. The number of fused-ring (bicyclic) bond motifs is 1. The highest BCUT2D eigenvalue weighted by Gasteiger charge is 2.23. The lowest BCUT2D eigenvalue weighted by molar-refractivity contribution is 0.109. The van der Waals surface area contributed by atoms with Gasteiger partial charge in [-0.1, -0.05) is 0 Å². The van der Waals surface area contributed by atoms with E-state index in [2.05, 4.69) is 26.2 Å². The Bertz CT molecular complexity index is 648. The van der Waals surface area contributed by atoms with Gasteiger partial charge < -0.3 is 4.74 Å². The molecule has 0 saturated carbocycles. The van der Waals surface area contributed by atoms with Crippen LogP contribution < -0.4 is 5.32 Å². The normalized spacial score (nSPS) is 20.4. The number of nitrogens with zero attached hydrogens (tertiary/aromatic N) is 3. The van der Waals surface area contributed by atoms with Gasteiger partial charge in [-0.25, -0.2) is 4.98 Å². The SMILES string of the molecule is Cc1nc2scc(C)n2c1C(C#N)NCC1CCCO1. The minimum atomic E-state index is -0.345. The minimum absolute atomic E-state index is 0.234. The summed E-state index contributed by atoms with van der Waals surface area (Å²) < 4.78 is 7.68. The molecule has 5 nitrogen and oxygen atoms in total. The van der Waals surface area contributed by atoms with Crippen LogP contribution in [0.3, 0.4) is 0 Å². The molecule has 1 fully saturated rings. The first-order valence-electron chi connectivity index (χ1n) is 6.88. The van der Waals surface area contributed by atoms with Crippen LogP contribution in [0.5, 0.6) is 0 Å². The molecule has 3 rings (SSSR count). The average Bonchev–Trinajstić information content (AvgIpc) is 3.12. The maximum absolute atomic E-state index is 9.49. The second-order valence-electron chi connectivity index (χ2n) is 5.18. The van der Waals surface area contributed by atoms with E-state index in [9.17, 15) is 5.26 Å². The molecule has 0 spiro atoms. The number of nitrogens with one attached hydrogen (secondary N) is 1. The van der Waals surface area contributed by atoms with Crippen LogP contribution in [-0.4, -0.2) is 28.6 Å². The fourth-order valence-electron chi connectivity index (χ4n) is 2.72. The Balaban J connectivity index is 1.85. The minimum Gasteiger partial charge on any atom is -0.377 e. The van der Waals surface area contributed by atoms with Gasteiger partial charge >= 0.3 is 0 Å². The molecular formula is C14H18N4OS. The van der Waals surface area contributed by atoms with Gasteiger partial charge in [0, 0.05) is 24.2 Å². The number of imidazole rings is 1. The van der Waals surface area contributed by atoms with Crippen LogP contribution in [0.15, 0.2) is 5.38 Å². The summed E-state index contributed by atoms with van der Waals surface area (Å²) in [5.74, 6) is 0. The number of hydrogen-bond donors (Lipinski definition) is 1. The second kappa shape index (κ2) is 5.52. The summed E-state index contributed by atoms with van der Waals surface area (Å²) in [6, 6.07) is 2.01. The summed E-state index contributed by atoms with van der Waals surface area (Å²) in [5.41, 5.74) is 3.00. The van der Waals surface area contributed by atoms with Crippen molar-refractivity contribution in [3.05, 3.63) is 22.5 Å². The first-order chi connectivity index (χ1) is 9.70. The monoisotopic (exact) mass is 290 g/mol. The third-order valence-corrected chi connectivity index (χ3v) is 4.67. The molecule has 1 aliphatic rings. The van der Waals surface area contributed by atoms with Gasteiger partial charge in [-0.05, 0) is 26.7 Å². The molecular weight excluding hydrogens is 272 g/mol. The lowest BCUT2D eigenvalue weighted by Gasteiger charge is -2.15. The number of thiazole rings is 1. The van der Waals surface area contributed by atoms with Gasteiger partial charge in [0.2, 0.25) is 0 Å². The standard InChI is InChI=1S/C14H18N4OS/c1-9-8-20-14-17-10(2)13(18(9)14)12(6-15)16-7-11-4-3-5-19-11/h8,11-12,16H,3-5,7H2,1-2H3. The molecule has 1 saturated heterocycles. The average molecular weight is 290 g/mol. The lowest BCUT2D eigenvalue weighted by Crippen LogP contribution is -2.30. The van der Waals surface area contributed by atoms with E-state index in [1.165, 1.54) is 0 Å². The predicted molar refractivity (Wildman–Crippen MR) is 77.9 cm³/mol. The molecule has 0 amide bonds. The van der Waals surface area contributed by atoms with Crippen LogP contribution in [0.25, 0.3) is 4.96 Å². The third kappa shape index (κ3) is 2.33. The molecule has 3 heterocycles. The van der Waals surface area contributed by atoms with E-state index in [1.54, 1.807) is 11.3 Å². The first-order valence-corrected chi connectivity index (χ1v) is 7.76. The highest BCUT2D eigenvalue weighted by Crippen LogP contribution is 2.25. The zero-order chi connectivity index (χ0) is 14.1. The topological polar surface area (TPSA) is 62.4 Å². The van der Waals surface area contributed by atoms with Crippen molar-refractivity contribution in [3.63, 3.8) is 0 Å². The van der Waals surface area contributed by atoms with Crippen LogP contribution in [0.1, 0.15) is 36.0 Å². The van der Waals surface area contributed by atoms with Gasteiger partial charge in [-0.2, -0.15) is 5.26 Å². The van der Waals surface area contributed by atoms with E-state index in [0.717, 1.165) is 41.5 Å². The van der Waals surface area contributed by atoms with E-state index in [1.807, 2.05) is 13.8 Å². The maximum Gasteiger partial charge on any atom is 0.194 e. The predicted octanol–water partition coefficient (Wildman–Crippen LogP) is 2.35.